The second kappa shape index (κ2) is 8.97. The van der Waals surface area contributed by atoms with Gasteiger partial charge in [0, 0.05) is 13.5 Å². The molecule has 0 fully saturated rings. The van der Waals surface area contributed by atoms with E-state index in [4.69, 9.17) is 23.8 Å². The van der Waals surface area contributed by atoms with Crippen molar-refractivity contribution in [3.05, 3.63) is 65.2 Å². The van der Waals surface area contributed by atoms with Gasteiger partial charge in [-0.15, -0.1) is 0 Å². The van der Waals surface area contributed by atoms with E-state index in [1.54, 1.807) is 6.92 Å². The highest BCUT2D eigenvalue weighted by Gasteiger charge is 2.28. The Hall–Kier alpha value is -1.91. The molecule has 0 spiro atoms. The summed E-state index contributed by atoms with van der Waals surface area (Å²) >= 11 is 11.9. The smallest absolute Gasteiger partial charge is 0.220 e. The summed E-state index contributed by atoms with van der Waals surface area (Å²) in [5.74, 6) is 0.154. The maximum atomic E-state index is 12.3. The zero-order valence-corrected chi connectivity index (χ0v) is 16.3. The van der Waals surface area contributed by atoms with E-state index in [2.05, 4.69) is 19.2 Å². The van der Waals surface area contributed by atoms with Crippen molar-refractivity contribution in [2.24, 2.45) is 5.92 Å². The van der Waals surface area contributed by atoms with Gasteiger partial charge in [-0.1, -0.05) is 80.1 Å². The zero-order chi connectivity index (χ0) is 18.4. The standard InChI is InChI=1S/C20H23ClN2OS/c1-14(2)19(20(25)22-18-12-8-7-11-17(18)21)23(15(3)24)13-16-9-5-4-6-10-16/h4-12,14,19H,13H2,1-3H3,(H,22,25). The summed E-state index contributed by atoms with van der Waals surface area (Å²) < 4.78 is 0. The van der Waals surface area contributed by atoms with Crippen LogP contribution in [0, 0.1) is 5.92 Å². The molecule has 2 rings (SSSR count). The fourth-order valence-electron chi connectivity index (χ4n) is 2.76. The van der Waals surface area contributed by atoms with Crippen LogP contribution in [-0.2, 0) is 11.3 Å². The number of anilines is 1. The van der Waals surface area contributed by atoms with Crippen LogP contribution in [0.5, 0.6) is 0 Å². The molecule has 2 aromatic carbocycles. The van der Waals surface area contributed by atoms with Crippen LogP contribution in [0.15, 0.2) is 54.6 Å². The topological polar surface area (TPSA) is 32.3 Å². The molecule has 1 N–H and O–H groups in total. The lowest BCUT2D eigenvalue weighted by molar-refractivity contribution is -0.131. The minimum absolute atomic E-state index is 0.00846. The summed E-state index contributed by atoms with van der Waals surface area (Å²) in [5, 5.41) is 3.82. The van der Waals surface area contributed by atoms with Crippen molar-refractivity contribution in [1.29, 1.82) is 0 Å². The summed E-state index contributed by atoms with van der Waals surface area (Å²) in [6.07, 6.45) is 0. The first-order valence-electron chi connectivity index (χ1n) is 8.26. The van der Waals surface area contributed by atoms with Crippen LogP contribution in [-0.4, -0.2) is 21.8 Å². The molecule has 5 heteroatoms. The molecular weight excluding hydrogens is 352 g/mol. The van der Waals surface area contributed by atoms with Gasteiger partial charge in [-0.2, -0.15) is 0 Å². The van der Waals surface area contributed by atoms with Gasteiger partial charge in [0.15, 0.2) is 0 Å². The second-order valence-electron chi connectivity index (χ2n) is 6.29. The van der Waals surface area contributed by atoms with E-state index in [0.717, 1.165) is 11.3 Å². The minimum Gasteiger partial charge on any atom is -0.347 e. The molecule has 0 heterocycles. The molecule has 0 saturated heterocycles. The monoisotopic (exact) mass is 374 g/mol. The summed E-state index contributed by atoms with van der Waals surface area (Å²) in [7, 11) is 0. The SMILES string of the molecule is CC(=O)N(Cc1ccccc1)C(C(=S)Nc1ccccc1Cl)C(C)C. The van der Waals surface area contributed by atoms with E-state index in [-0.39, 0.29) is 17.9 Å². The Morgan fingerprint density at radius 1 is 1.12 bits per heavy atom. The third-order valence-electron chi connectivity index (χ3n) is 3.97. The first-order valence-corrected chi connectivity index (χ1v) is 9.05. The first-order chi connectivity index (χ1) is 11.9. The summed E-state index contributed by atoms with van der Waals surface area (Å²) in [4.78, 5) is 14.7. The molecule has 0 saturated carbocycles. The van der Waals surface area contributed by atoms with Crippen molar-refractivity contribution < 1.29 is 4.79 Å². The van der Waals surface area contributed by atoms with Gasteiger partial charge in [-0.25, -0.2) is 0 Å². The number of carbonyl (C=O) groups is 1. The van der Waals surface area contributed by atoms with Gasteiger partial charge in [-0.3, -0.25) is 4.79 Å². The van der Waals surface area contributed by atoms with E-state index < -0.39 is 0 Å². The number of hydrogen-bond acceptors (Lipinski definition) is 2. The molecule has 132 valence electrons. The van der Waals surface area contributed by atoms with Crippen LogP contribution < -0.4 is 5.32 Å². The molecule has 1 unspecified atom stereocenters. The Morgan fingerprint density at radius 2 is 1.72 bits per heavy atom. The molecule has 25 heavy (non-hydrogen) atoms. The average molecular weight is 375 g/mol. The molecule has 0 aliphatic rings. The molecule has 1 amide bonds. The van der Waals surface area contributed by atoms with Gasteiger partial charge in [0.05, 0.1) is 16.8 Å². The van der Waals surface area contributed by atoms with Crippen LogP contribution in [0.2, 0.25) is 5.02 Å². The molecule has 2 aromatic rings. The lowest BCUT2D eigenvalue weighted by Gasteiger charge is -2.34. The van der Waals surface area contributed by atoms with Gasteiger partial charge in [-0.05, 0) is 23.6 Å². The quantitative estimate of drug-likeness (QED) is 0.709. The number of nitrogens with one attached hydrogen (secondary N) is 1. The Balaban J connectivity index is 2.25. The lowest BCUT2D eigenvalue weighted by atomic mass is 10.0. The molecule has 3 nitrogen and oxygen atoms in total. The van der Waals surface area contributed by atoms with Crippen molar-refractivity contribution in [2.45, 2.75) is 33.4 Å². The van der Waals surface area contributed by atoms with Crippen molar-refractivity contribution in [1.82, 2.24) is 4.90 Å². The number of thiocarbonyl (C=S) groups is 1. The molecular formula is C20H23ClN2OS. The predicted molar refractivity (Wildman–Crippen MR) is 109 cm³/mol. The number of nitrogens with zero attached hydrogens (tertiary/aromatic N) is 1. The highest BCUT2D eigenvalue weighted by molar-refractivity contribution is 7.80. The number of carbonyl (C=O) groups excluding carboxylic acids is 1. The lowest BCUT2D eigenvalue weighted by Crippen LogP contribution is -2.48. The van der Waals surface area contributed by atoms with Crippen LogP contribution in [0.4, 0.5) is 5.69 Å². The van der Waals surface area contributed by atoms with Crippen LogP contribution in [0.1, 0.15) is 26.3 Å². The largest absolute Gasteiger partial charge is 0.347 e. The third kappa shape index (κ3) is 5.28. The van der Waals surface area contributed by atoms with Gasteiger partial charge in [0.2, 0.25) is 5.91 Å². The molecule has 0 aromatic heterocycles. The highest BCUT2D eigenvalue weighted by atomic mass is 35.5. The molecule has 1 atom stereocenters. The summed E-state index contributed by atoms with van der Waals surface area (Å²) in [6, 6.07) is 17.2. The van der Waals surface area contributed by atoms with E-state index in [1.165, 1.54) is 0 Å². The van der Waals surface area contributed by atoms with E-state index in [0.29, 0.717) is 16.6 Å². The van der Waals surface area contributed by atoms with E-state index in [1.807, 2.05) is 59.5 Å². The van der Waals surface area contributed by atoms with Gasteiger partial charge < -0.3 is 10.2 Å². The van der Waals surface area contributed by atoms with Gasteiger partial charge in [0.1, 0.15) is 4.99 Å². The number of halogens is 1. The Kier molecular flexibility index (Phi) is 6.97. The van der Waals surface area contributed by atoms with E-state index in [9.17, 15) is 4.79 Å². The summed E-state index contributed by atoms with van der Waals surface area (Å²) in [5.41, 5.74) is 1.83. The Morgan fingerprint density at radius 3 is 2.28 bits per heavy atom. The number of benzene rings is 2. The second-order valence-corrected chi connectivity index (χ2v) is 7.14. The average Bonchev–Trinajstić information content (AvgIpc) is 2.57. The maximum Gasteiger partial charge on any atom is 0.220 e. The molecule has 0 bridgehead atoms. The Bertz CT molecular complexity index is 733. The first kappa shape index (κ1) is 19.4. The predicted octanol–water partition coefficient (Wildman–Crippen LogP) is 5.15. The number of para-hydroxylation sites is 1. The normalized spacial score (nSPS) is 11.9. The number of hydrogen-bond donors (Lipinski definition) is 1. The van der Waals surface area contributed by atoms with Gasteiger partial charge in [0.25, 0.3) is 0 Å². The zero-order valence-electron chi connectivity index (χ0n) is 14.7. The van der Waals surface area contributed by atoms with Crippen molar-refractivity contribution in [2.75, 3.05) is 5.32 Å². The molecule has 0 aliphatic carbocycles. The molecule has 0 radical (unpaired) electrons. The van der Waals surface area contributed by atoms with Crippen LogP contribution in [0.25, 0.3) is 0 Å². The Labute approximate surface area is 160 Å². The molecule has 0 aliphatic heterocycles. The van der Waals surface area contributed by atoms with Gasteiger partial charge >= 0.3 is 0 Å². The fraction of sp³-hybridized carbons (Fsp3) is 0.300. The summed E-state index contributed by atoms with van der Waals surface area (Å²) in [6.45, 7) is 6.22. The van der Waals surface area contributed by atoms with Crippen molar-refractivity contribution in [3.63, 3.8) is 0 Å². The van der Waals surface area contributed by atoms with Crippen LogP contribution in [0.3, 0.4) is 0 Å². The number of amides is 1. The van der Waals surface area contributed by atoms with Crippen molar-refractivity contribution in [3.8, 4) is 0 Å². The fourth-order valence-corrected chi connectivity index (χ4v) is 3.45. The maximum absolute atomic E-state index is 12.3. The third-order valence-corrected chi connectivity index (χ3v) is 4.64. The van der Waals surface area contributed by atoms with E-state index >= 15 is 0 Å². The van der Waals surface area contributed by atoms with Crippen molar-refractivity contribution >= 4 is 40.4 Å². The number of rotatable bonds is 6. The minimum atomic E-state index is -0.219. The van der Waals surface area contributed by atoms with Crippen LogP contribution >= 0.6 is 23.8 Å². The highest BCUT2D eigenvalue weighted by Crippen LogP contribution is 2.23.